The maximum Gasteiger partial charge on any atom is 0.269 e. The van der Waals surface area contributed by atoms with Crippen LogP contribution in [0, 0.1) is 5.92 Å². The average Bonchev–Trinajstić information content (AvgIpc) is 2.95. The number of nitrogens with one attached hydrogen (secondary N) is 2. The van der Waals surface area contributed by atoms with Crippen LogP contribution < -0.4 is 10.6 Å². The van der Waals surface area contributed by atoms with E-state index >= 15 is 0 Å². The fourth-order valence-electron chi connectivity index (χ4n) is 2.66. The molecule has 5 heteroatoms. The van der Waals surface area contributed by atoms with Crippen molar-refractivity contribution in [3.05, 3.63) is 24.0 Å². The van der Waals surface area contributed by atoms with Crippen LogP contribution in [0.5, 0.6) is 0 Å². The molecule has 1 aliphatic heterocycles. The Labute approximate surface area is 127 Å². The number of hydrogen-bond donors (Lipinski definition) is 2. The third-order valence-corrected chi connectivity index (χ3v) is 3.98. The Morgan fingerprint density at radius 2 is 2.29 bits per heavy atom. The van der Waals surface area contributed by atoms with Crippen molar-refractivity contribution in [3.8, 4) is 0 Å². The molecule has 0 aromatic carbocycles. The molecule has 0 spiro atoms. The number of likely N-dealkylation sites (tertiary alicyclic amines) is 1. The van der Waals surface area contributed by atoms with Crippen molar-refractivity contribution >= 4 is 11.6 Å². The molecule has 2 rings (SSSR count). The van der Waals surface area contributed by atoms with E-state index in [1.807, 2.05) is 13.0 Å². The summed E-state index contributed by atoms with van der Waals surface area (Å²) >= 11 is 0. The quantitative estimate of drug-likeness (QED) is 0.841. The molecule has 1 amide bonds. The van der Waals surface area contributed by atoms with Gasteiger partial charge in [-0.2, -0.15) is 0 Å². The summed E-state index contributed by atoms with van der Waals surface area (Å²) in [5.74, 6) is 0.471. The SMILES string of the molecule is CCNc1ccc(C(=O)NCC2CCN(C(C)C)C2)nc1. The monoisotopic (exact) mass is 290 g/mol. The Balaban J connectivity index is 1.79. The van der Waals surface area contributed by atoms with E-state index in [0.29, 0.717) is 17.7 Å². The predicted molar refractivity (Wildman–Crippen MR) is 85.5 cm³/mol. The normalized spacial score (nSPS) is 19.0. The molecular weight excluding hydrogens is 264 g/mol. The lowest BCUT2D eigenvalue weighted by Gasteiger charge is -2.20. The number of anilines is 1. The fourth-order valence-corrected chi connectivity index (χ4v) is 2.66. The Morgan fingerprint density at radius 1 is 1.48 bits per heavy atom. The van der Waals surface area contributed by atoms with E-state index in [1.54, 1.807) is 12.3 Å². The van der Waals surface area contributed by atoms with Gasteiger partial charge in [0.25, 0.3) is 5.91 Å². The number of nitrogens with zero attached hydrogens (tertiary/aromatic N) is 2. The van der Waals surface area contributed by atoms with Crippen molar-refractivity contribution in [2.75, 3.05) is 31.5 Å². The second kappa shape index (κ2) is 7.41. The Hall–Kier alpha value is -1.62. The van der Waals surface area contributed by atoms with Gasteiger partial charge in [0.15, 0.2) is 0 Å². The Morgan fingerprint density at radius 3 is 2.86 bits per heavy atom. The second-order valence-electron chi connectivity index (χ2n) is 5.92. The van der Waals surface area contributed by atoms with E-state index in [4.69, 9.17) is 0 Å². The highest BCUT2D eigenvalue weighted by Crippen LogP contribution is 2.17. The highest BCUT2D eigenvalue weighted by Gasteiger charge is 2.24. The number of rotatable bonds is 6. The summed E-state index contributed by atoms with van der Waals surface area (Å²) in [5.41, 5.74) is 1.42. The minimum atomic E-state index is -0.0824. The van der Waals surface area contributed by atoms with E-state index in [9.17, 15) is 4.79 Å². The summed E-state index contributed by atoms with van der Waals surface area (Å²) in [7, 11) is 0. The third kappa shape index (κ3) is 4.43. The molecule has 1 aromatic rings. The minimum Gasteiger partial charge on any atom is -0.384 e. The van der Waals surface area contributed by atoms with E-state index in [0.717, 1.165) is 38.3 Å². The molecule has 2 heterocycles. The van der Waals surface area contributed by atoms with Crippen LogP contribution in [0.25, 0.3) is 0 Å². The van der Waals surface area contributed by atoms with Gasteiger partial charge < -0.3 is 15.5 Å². The van der Waals surface area contributed by atoms with Crippen molar-refractivity contribution in [2.45, 2.75) is 33.2 Å². The van der Waals surface area contributed by atoms with Crippen molar-refractivity contribution in [3.63, 3.8) is 0 Å². The second-order valence-corrected chi connectivity index (χ2v) is 5.92. The standard InChI is InChI=1S/C16H26N4O/c1-4-17-14-5-6-15(18-10-14)16(21)19-9-13-7-8-20(11-13)12(2)3/h5-6,10,12-13,17H,4,7-9,11H2,1-3H3,(H,19,21). The van der Waals surface area contributed by atoms with Crippen LogP contribution in [0.2, 0.25) is 0 Å². The summed E-state index contributed by atoms with van der Waals surface area (Å²) in [6, 6.07) is 4.25. The number of carbonyl (C=O) groups is 1. The molecule has 0 bridgehead atoms. The summed E-state index contributed by atoms with van der Waals surface area (Å²) in [6.45, 7) is 10.3. The lowest BCUT2D eigenvalue weighted by Crippen LogP contribution is -2.33. The highest BCUT2D eigenvalue weighted by molar-refractivity contribution is 5.92. The highest BCUT2D eigenvalue weighted by atomic mass is 16.1. The third-order valence-electron chi connectivity index (χ3n) is 3.98. The van der Waals surface area contributed by atoms with E-state index in [2.05, 4.69) is 34.4 Å². The molecular formula is C16H26N4O. The molecule has 1 unspecified atom stereocenters. The molecule has 21 heavy (non-hydrogen) atoms. The minimum absolute atomic E-state index is 0.0824. The number of hydrogen-bond acceptors (Lipinski definition) is 4. The molecule has 0 radical (unpaired) electrons. The van der Waals surface area contributed by atoms with Crippen LogP contribution in [0.4, 0.5) is 5.69 Å². The smallest absolute Gasteiger partial charge is 0.269 e. The number of amides is 1. The number of aromatic nitrogens is 1. The van der Waals surface area contributed by atoms with E-state index in [1.165, 1.54) is 0 Å². The summed E-state index contributed by atoms with van der Waals surface area (Å²) in [6.07, 6.45) is 2.86. The van der Waals surface area contributed by atoms with Crippen molar-refractivity contribution in [2.24, 2.45) is 5.92 Å². The van der Waals surface area contributed by atoms with Crippen molar-refractivity contribution in [1.29, 1.82) is 0 Å². The van der Waals surface area contributed by atoms with Gasteiger partial charge >= 0.3 is 0 Å². The Bertz CT molecular complexity index is 458. The van der Waals surface area contributed by atoms with Crippen LogP contribution in [0.15, 0.2) is 18.3 Å². The maximum absolute atomic E-state index is 12.1. The number of pyridine rings is 1. The molecule has 2 N–H and O–H groups in total. The van der Waals surface area contributed by atoms with Crippen LogP contribution in [0.3, 0.4) is 0 Å². The van der Waals surface area contributed by atoms with Gasteiger partial charge in [0.1, 0.15) is 5.69 Å². The zero-order valence-electron chi connectivity index (χ0n) is 13.2. The van der Waals surface area contributed by atoms with Gasteiger partial charge in [0.05, 0.1) is 11.9 Å². The molecule has 0 aliphatic carbocycles. The van der Waals surface area contributed by atoms with Crippen molar-refractivity contribution < 1.29 is 4.79 Å². The molecule has 1 saturated heterocycles. The van der Waals surface area contributed by atoms with Crippen molar-refractivity contribution in [1.82, 2.24) is 15.2 Å². The maximum atomic E-state index is 12.1. The molecule has 116 valence electrons. The molecule has 5 nitrogen and oxygen atoms in total. The average molecular weight is 290 g/mol. The first-order valence-electron chi connectivity index (χ1n) is 7.82. The van der Waals surface area contributed by atoms with Gasteiger partial charge in [0.2, 0.25) is 0 Å². The van der Waals surface area contributed by atoms with Crippen LogP contribution >= 0.6 is 0 Å². The predicted octanol–water partition coefficient (Wildman–Crippen LogP) is 1.97. The van der Waals surface area contributed by atoms with E-state index < -0.39 is 0 Å². The van der Waals surface area contributed by atoms with Gasteiger partial charge in [-0.05, 0) is 51.8 Å². The lowest BCUT2D eigenvalue weighted by atomic mass is 10.1. The van der Waals surface area contributed by atoms with Crippen LogP contribution in [-0.2, 0) is 0 Å². The van der Waals surface area contributed by atoms with Gasteiger partial charge in [-0.25, -0.2) is 4.98 Å². The largest absolute Gasteiger partial charge is 0.384 e. The first kappa shape index (κ1) is 15.8. The first-order chi connectivity index (χ1) is 10.1. The zero-order valence-corrected chi connectivity index (χ0v) is 13.2. The summed E-state index contributed by atoms with van der Waals surface area (Å²) in [5, 5.41) is 6.17. The van der Waals surface area contributed by atoms with Gasteiger partial charge in [-0.1, -0.05) is 0 Å². The summed E-state index contributed by atoms with van der Waals surface area (Å²) in [4.78, 5) is 18.7. The molecule has 1 aromatic heterocycles. The van der Waals surface area contributed by atoms with Gasteiger partial charge in [-0.15, -0.1) is 0 Å². The topological polar surface area (TPSA) is 57.3 Å². The molecule has 0 saturated carbocycles. The van der Waals surface area contributed by atoms with E-state index in [-0.39, 0.29) is 5.91 Å². The number of carbonyl (C=O) groups excluding carboxylic acids is 1. The summed E-state index contributed by atoms with van der Waals surface area (Å²) < 4.78 is 0. The fraction of sp³-hybridized carbons (Fsp3) is 0.625. The van der Waals surface area contributed by atoms with Crippen LogP contribution in [-0.4, -0.2) is 48.0 Å². The molecule has 1 aliphatic rings. The lowest BCUT2D eigenvalue weighted by molar-refractivity contribution is 0.0942. The zero-order chi connectivity index (χ0) is 15.2. The Kier molecular flexibility index (Phi) is 5.56. The molecule has 1 atom stereocenters. The van der Waals surface area contributed by atoms with Crippen LogP contribution in [0.1, 0.15) is 37.7 Å². The van der Waals surface area contributed by atoms with Gasteiger partial charge in [-0.3, -0.25) is 4.79 Å². The molecule has 1 fully saturated rings. The first-order valence-corrected chi connectivity index (χ1v) is 7.82. The van der Waals surface area contributed by atoms with Gasteiger partial charge in [0, 0.05) is 25.7 Å².